The van der Waals surface area contributed by atoms with Crippen molar-refractivity contribution >= 4 is 55.2 Å². The van der Waals surface area contributed by atoms with E-state index in [1.165, 1.54) is 32.4 Å². The Bertz CT molecular complexity index is 1160. The Hall–Kier alpha value is -1.74. The van der Waals surface area contributed by atoms with Crippen molar-refractivity contribution in [1.82, 2.24) is 14.9 Å². The molecule has 3 N–H and O–H groups in total. The summed E-state index contributed by atoms with van der Waals surface area (Å²) in [5, 5.41) is 12.1. The number of H-pyrrole nitrogens is 1. The third-order valence-electron chi connectivity index (χ3n) is 5.14. The first-order chi connectivity index (χ1) is 19.5. The molecular formula is C25H37N3O9S4. The molecule has 230 valence electrons. The number of nitrogens with one attached hydrogen (secondary N) is 2. The van der Waals surface area contributed by atoms with Crippen molar-refractivity contribution < 1.29 is 33.6 Å². The maximum absolute atomic E-state index is 12.4. The summed E-state index contributed by atoms with van der Waals surface area (Å²) in [7, 11) is 6.18. The van der Waals surface area contributed by atoms with Crippen molar-refractivity contribution in [3.63, 3.8) is 0 Å². The number of aromatic nitrogens is 2. The lowest BCUT2D eigenvalue weighted by Gasteiger charge is -2.19. The summed E-state index contributed by atoms with van der Waals surface area (Å²) in [6.45, 7) is 5.36. The topological polar surface area (TPSA) is 158 Å². The molecule has 0 spiro atoms. The lowest BCUT2D eigenvalue weighted by atomic mass is 10.2. The van der Waals surface area contributed by atoms with E-state index < -0.39 is 41.4 Å². The van der Waals surface area contributed by atoms with E-state index in [1.807, 2.05) is 27.0 Å². The zero-order valence-corrected chi connectivity index (χ0v) is 26.7. The van der Waals surface area contributed by atoms with E-state index >= 15 is 0 Å². The highest BCUT2D eigenvalue weighted by Crippen LogP contribution is 2.31. The standard InChI is InChI=1S/C25H37N3O9S4/c1-25(2,3)37-21(30)8-6-11-39-40-12-10-34-24(33)26-9-5-7-17-14-28(23(32)27-22(17)31)20-13-18(19(15-29)36-20)35-16-41-38-4/h14,18-20,29H,6,8-13,15-16H2,1-4H3,(H,26,33)(H,27,31,32)/t18-,19-,20-/m1/s1. The fraction of sp³-hybridized carbons (Fsp3) is 0.680. The normalized spacial score (nSPS) is 18.4. The molecule has 3 atom stereocenters. The molecule has 0 aliphatic carbocycles. The van der Waals surface area contributed by atoms with E-state index in [4.69, 9.17) is 18.9 Å². The highest BCUT2D eigenvalue weighted by Gasteiger charge is 2.37. The van der Waals surface area contributed by atoms with Crippen molar-refractivity contribution in [3.05, 3.63) is 32.6 Å². The second-order valence-electron chi connectivity index (χ2n) is 9.49. The summed E-state index contributed by atoms with van der Waals surface area (Å²) in [4.78, 5) is 50.4. The van der Waals surface area contributed by atoms with Crippen molar-refractivity contribution in [2.24, 2.45) is 0 Å². The van der Waals surface area contributed by atoms with Crippen LogP contribution in [0.5, 0.6) is 0 Å². The number of hydrogen-bond donors (Lipinski definition) is 3. The smallest absolute Gasteiger partial charge is 0.407 e. The number of rotatable bonds is 15. The molecule has 0 aromatic carbocycles. The predicted octanol–water partition coefficient (Wildman–Crippen LogP) is 2.75. The fourth-order valence-corrected chi connectivity index (χ4v) is 6.12. The van der Waals surface area contributed by atoms with Crippen LogP contribution in [0, 0.1) is 11.8 Å². The molecule has 1 aliphatic rings. The predicted molar refractivity (Wildman–Crippen MR) is 164 cm³/mol. The summed E-state index contributed by atoms with van der Waals surface area (Å²) in [5.74, 6) is 6.86. The van der Waals surface area contributed by atoms with Crippen LogP contribution in [0.1, 0.15) is 51.8 Å². The van der Waals surface area contributed by atoms with E-state index in [2.05, 4.69) is 22.1 Å². The van der Waals surface area contributed by atoms with E-state index in [0.29, 0.717) is 31.0 Å². The lowest BCUT2D eigenvalue weighted by Crippen LogP contribution is -2.33. The number of aliphatic hydroxyl groups is 1. The van der Waals surface area contributed by atoms with Gasteiger partial charge in [0.15, 0.2) is 0 Å². The van der Waals surface area contributed by atoms with Crippen molar-refractivity contribution in [2.75, 3.05) is 43.5 Å². The SMILES string of the molecule is CSSCO[C@@H]1C[C@H](n2cc(C#CCNC(=O)OCCSSCCCC(=O)OC(C)(C)C)c(=O)[nH]c2=O)O[C@@H]1CO. The van der Waals surface area contributed by atoms with Gasteiger partial charge in [-0.15, -0.1) is 0 Å². The molecule has 0 unspecified atom stereocenters. The van der Waals surface area contributed by atoms with Gasteiger partial charge >= 0.3 is 17.8 Å². The summed E-state index contributed by atoms with van der Waals surface area (Å²) in [6.07, 6.45) is 2.21. The monoisotopic (exact) mass is 651 g/mol. The Balaban J connectivity index is 1.72. The third-order valence-corrected chi connectivity index (χ3v) is 9.06. The molecule has 41 heavy (non-hydrogen) atoms. The molecule has 1 aromatic heterocycles. The molecule has 1 aromatic rings. The number of ether oxygens (including phenoxy) is 4. The Morgan fingerprint density at radius 3 is 2.71 bits per heavy atom. The molecule has 2 heterocycles. The first kappa shape index (κ1) is 35.5. The van der Waals surface area contributed by atoms with Crippen molar-refractivity contribution in [1.29, 1.82) is 0 Å². The Labute approximate surface area is 254 Å². The zero-order valence-electron chi connectivity index (χ0n) is 23.5. The molecule has 0 bridgehead atoms. The second-order valence-corrected chi connectivity index (χ2v) is 14.7. The maximum Gasteiger partial charge on any atom is 0.407 e. The van der Waals surface area contributed by atoms with Gasteiger partial charge in [-0.1, -0.05) is 55.0 Å². The van der Waals surface area contributed by atoms with Crippen LogP contribution in [-0.2, 0) is 23.7 Å². The van der Waals surface area contributed by atoms with Crippen LogP contribution < -0.4 is 16.6 Å². The molecule has 1 amide bonds. The fourth-order valence-electron chi connectivity index (χ4n) is 3.42. The average molecular weight is 652 g/mol. The van der Waals surface area contributed by atoms with Gasteiger partial charge in [-0.25, -0.2) is 9.59 Å². The first-order valence-electron chi connectivity index (χ1n) is 12.8. The molecule has 12 nitrogen and oxygen atoms in total. The number of carbonyl (C=O) groups is 2. The maximum atomic E-state index is 12.4. The minimum Gasteiger partial charge on any atom is -0.460 e. The van der Waals surface area contributed by atoms with Gasteiger partial charge in [0.05, 0.1) is 19.3 Å². The number of hydrogen-bond acceptors (Lipinski definition) is 13. The van der Waals surface area contributed by atoms with Crippen LogP contribution in [0.4, 0.5) is 4.79 Å². The molecular weight excluding hydrogens is 615 g/mol. The Kier molecular flexibility index (Phi) is 16.2. The van der Waals surface area contributed by atoms with E-state index in [9.17, 15) is 24.3 Å². The molecule has 1 saturated heterocycles. The summed E-state index contributed by atoms with van der Waals surface area (Å²) in [6, 6.07) is 0. The highest BCUT2D eigenvalue weighted by atomic mass is 33.1. The largest absolute Gasteiger partial charge is 0.460 e. The van der Waals surface area contributed by atoms with Gasteiger partial charge in [0.1, 0.15) is 36.0 Å². The number of aromatic amines is 1. The molecule has 2 rings (SSSR count). The summed E-state index contributed by atoms with van der Waals surface area (Å²) >= 11 is 0. The molecule has 0 saturated carbocycles. The number of nitrogens with zero attached hydrogens (tertiary/aromatic N) is 1. The van der Waals surface area contributed by atoms with E-state index in [-0.39, 0.29) is 31.3 Å². The van der Waals surface area contributed by atoms with Crippen LogP contribution in [0.2, 0.25) is 0 Å². The number of alkyl carbamates (subject to hydrolysis) is 1. The van der Waals surface area contributed by atoms with Gasteiger partial charge in [0.25, 0.3) is 5.56 Å². The Morgan fingerprint density at radius 1 is 1.24 bits per heavy atom. The molecule has 1 aliphatic heterocycles. The second kappa shape index (κ2) is 18.7. The summed E-state index contributed by atoms with van der Waals surface area (Å²) < 4.78 is 23.1. The van der Waals surface area contributed by atoms with Crippen LogP contribution in [0.3, 0.4) is 0 Å². The van der Waals surface area contributed by atoms with Crippen LogP contribution in [-0.4, -0.2) is 88.0 Å². The van der Waals surface area contributed by atoms with Gasteiger partial charge in [0, 0.05) is 30.5 Å². The molecule has 0 radical (unpaired) electrons. The lowest BCUT2D eigenvalue weighted by molar-refractivity contribution is -0.154. The number of esters is 1. The van der Waals surface area contributed by atoms with Gasteiger partial charge in [0.2, 0.25) is 0 Å². The minimum absolute atomic E-state index is 0.0197. The first-order valence-corrected chi connectivity index (χ1v) is 18.0. The third kappa shape index (κ3) is 13.9. The number of aliphatic hydroxyl groups excluding tert-OH is 1. The van der Waals surface area contributed by atoms with Crippen LogP contribution >= 0.6 is 43.2 Å². The van der Waals surface area contributed by atoms with Crippen LogP contribution in [0.15, 0.2) is 15.8 Å². The van der Waals surface area contributed by atoms with Gasteiger partial charge in [-0.2, -0.15) is 0 Å². The number of amides is 1. The average Bonchev–Trinajstić information content (AvgIpc) is 3.31. The molecule has 16 heteroatoms. The van der Waals surface area contributed by atoms with Crippen molar-refractivity contribution in [2.45, 2.75) is 64.1 Å². The Morgan fingerprint density at radius 2 is 2.00 bits per heavy atom. The van der Waals surface area contributed by atoms with Gasteiger partial charge in [-0.05, 0) is 33.4 Å². The quantitative estimate of drug-likeness (QED) is 0.0837. The van der Waals surface area contributed by atoms with Crippen molar-refractivity contribution in [3.8, 4) is 11.8 Å². The van der Waals surface area contributed by atoms with Gasteiger partial charge < -0.3 is 29.4 Å². The summed E-state index contributed by atoms with van der Waals surface area (Å²) in [5.41, 5.74) is -1.79. The number of carbonyl (C=O) groups excluding carboxylic acids is 2. The molecule has 1 fully saturated rings. The highest BCUT2D eigenvalue weighted by molar-refractivity contribution is 8.76. The van der Waals surface area contributed by atoms with Crippen LogP contribution in [0.25, 0.3) is 0 Å². The van der Waals surface area contributed by atoms with E-state index in [1.54, 1.807) is 21.6 Å². The zero-order chi connectivity index (χ0) is 30.3. The van der Waals surface area contributed by atoms with Gasteiger partial charge in [-0.3, -0.25) is 19.1 Å². The minimum atomic E-state index is -0.740. The van der Waals surface area contributed by atoms with E-state index in [0.717, 1.165) is 5.75 Å².